The fourth-order valence-electron chi connectivity index (χ4n) is 0.344. The first-order chi connectivity index (χ1) is 5.47. The van der Waals surface area contributed by atoms with E-state index in [1.165, 1.54) is 26.2 Å². The van der Waals surface area contributed by atoms with Crippen LogP contribution in [0.25, 0.3) is 0 Å². The molecule has 0 amide bonds. The minimum Gasteiger partial charge on any atom is -0.324 e. The molecule has 12 heavy (non-hydrogen) atoms. The summed E-state index contributed by atoms with van der Waals surface area (Å²) in [5.74, 6) is 0.827. The van der Waals surface area contributed by atoms with Crippen LogP contribution in [0.4, 0.5) is 0 Å². The van der Waals surface area contributed by atoms with Crippen LogP contribution < -0.4 is 0 Å². The smallest absolute Gasteiger partial charge is 0.324 e. The topological polar surface area (TPSA) is 57.5 Å². The lowest BCUT2D eigenvalue weighted by Crippen LogP contribution is -1.76. The van der Waals surface area contributed by atoms with Crippen molar-refractivity contribution in [1.29, 1.82) is 0 Å². The number of unbranched alkanes of at least 4 members (excludes halogenated alkanes) is 2. The molecular weight excluding hydrogens is 199 g/mol. The quantitative estimate of drug-likeness (QED) is 0.432. The lowest BCUT2D eigenvalue weighted by atomic mass is 10.3. The van der Waals surface area contributed by atoms with Crippen molar-refractivity contribution >= 4 is 19.2 Å². The number of rotatable bonds is 4. The third-order valence-corrected chi connectivity index (χ3v) is 2.24. The summed E-state index contributed by atoms with van der Waals surface area (Å²) in [5.41, 5.74) is 0. The molecule has 76 valence electrons. The lowest BCUT2D eigenvalue weighted by Gasteiger charge is -1.92. The molecule has 0 bridgehead atoms. The van der Waals surface area contributed by atoms with Gasteiger partial charge in [-0.1, -0.05) is 26.7 Å². The van der Waals surface area contributed by atoms with E-state index >= 15 is 0 Å². The second-order valence-electron chi connectivity index (χ2n) is 2.38. The zero-order valence-corrected chi connectivity index (χ0v) is 9.31. The molecule has 0 aromatic carbocycles. The third-order valence-electron chi connectivity index (χ3n) is 1.15. The fourth-order valence-corrected chi connectivity index (χ4v) is 0.533. The van der Waals surface area contributed by atoms with Gasteiger partial charge in [0.2, 0.25) is 0 Å². The Morgan fingerprint density at radius 3 is 1.75 bits per heavy atom. The van der Waals surface area contributed by atoms with Gasteiger partial charge in [0.15, 0.2) is 0 Å². The van der Waals surface area contributed by atoms with Gasteiger partial charge >= 0.3 is 7.60 Å². The highest BCUT2D eigenvalue weighted by Gasteiger charge is 2.05. The van der Waals surface area contributed by atoms with Crippen molar-refractivity contribution in [2.75, 3.05) is 12.0 Å². The summed E-state index contributed by atoms with van der Waals surface area (Å²) >= 11 is 5.38. The fraction of sp³-hybridized carbons (Fsp3) is 1.00. The van der Waals surface area contributed by atoms with Gasteiger partial charge in [0.1, 0.15) is 0 Å². The zero-order valence-electron chi connectivity index (χ0n) is 7.66. The van der Waals surface area contributed by atoms with Crippen molar-refractivity contribution in [2.24, 2.45) is 0 Å². The van der Waals surface area contributed by atoms with Crippen LogP contribution in [-0.2, 0) is 4.57 Å². The Bertz CT molecular complexity index is 120. The summed E-state index contributed by atoms with van der Waals surface area (Å²) in [4.78, 5) is 15.9. The molecule has 0 spiro atoms. The minimum absolute atomic E-state index is 0.0625. The number of hydrogen-bond acceptors (Lipinski definition) is 1. The Hall–Kier alpha value is 0.440. The first-order valence-electron chi connectivity index (χ1n) is 4.08. The molecule has 0 unspecified atom stereocenters. The van der Waals surface area contributed by atoms with E-state index in [2.05, 4.69) is 6.92 Å². The normalized spacial score (nSPS) is 10.4. The van der Waals surface area contributed by atoms with Crippen LogP contribution in [0.2, 0.25) is 0 Å². The Morgan fingerprint density at radius 1 is 1.25 bits per heavy atom. The van der Waals surface area contributed by atoms with Crippen molar-refractivity contribution in [3.05, 3.63) is 0 Å². The summed E-state index contributed by atoms with van der Waals surface area (Å²) < 4.78 is 9.69. The molecule has 0 rings (SSSR count). The summed E-state index contributed by atoms with van der Waals surface area (Å²) in [7, 11) is -3.65. The zero-order chi connectivity index (χ0) is 10.0. The third kappa shape index (κ3) is 22.4. The van der Waals surface area contributed by atoms with E-state index in [4.69, 9.17) is 21.4 Å². The molecule has 0 aromatic rings. The van der Waals surface area contributed by atoms with Gasteiger partial charge in [0.05, 0.1) is 0 Å². The molecule has 0 aliphatic carbocycles. The highest BCUT2D eigenvalue weighted by molar-refractivity contribution is 7.51. The predicted molar refractivity (Wildman–Crippen MR) is 52.8 cm³/mol. The molecule has 0 aromatic heterocycles. The van der Waals surface area contributed by atoms with Crippen molar-refractivity contribution in [3.8, 4) is 0 Å². The van der Waals surface area contributed by atoms with Gasteiger partial charge in [-0.05, 0) is 6.42 Å². The summed E-state index contributed by atoms with van der Waals surface area (Å²) in [6.07, 6.45) is 3.67. The second-order valence-corrected chi connectivity index (χ2v) is 4.72. The van der Waals surface area contributed by atoms with E-state index in [0.717, 1.165) is 5.88 Å². The van der Waals surface area contributed by atoms with Crippen LogP contribution in [0.1, 0.15) is 33.1 Å². The average molecular weight is 217 g/mol. The Labute approximate surface area is 79.3 Å². The Kier molecular flexibility index (Phi) is 11.9. The maximum atomic E-state index is 9.69. The highest BCUT2D eigenvalue weighted by Crippen LogP contribution is 2.32. The standard InChI is InChI=1S/C5H11Cl.C2H7O3P/c1-2-3-4-5-6;1-2-6(3,4)5/h2-5H2,1H3;2H2,1H3,(H2,3,4,5). The number of alkyl halides is 1. The molecule has 0 saturated heterocycles. The highest BCUT2D eigenvalue weighted by atomic mass is 35.5. The van der Waals surface area contributed by atoms with E-state index in [1.807, 2.05) is 0 Å². The van der Waals surface area contributed by atoms with Crippen LogP contribution in [-0.4, -0.2) is 21.8 Å². The molecule has 0 aliphatic heterocycles. The second kappa shape index (κ2) is 9.53. The maximum absolute atomic E-state index is 9.69. The van der Waals surface area contributed by atoms with Gasteiger partial charge in [-0.2, -0.15) is 0 Å². The summed E-state index contributed by atoms with van der Waals surface area (Å²) in [6, 6.07) is 0. The van der Waals surface area contributed by atoms with Crippen LogP contribution in [0.3, 0.4) is 0 Å². The molecule has 0 radical (unpaired) electrons. The first-order valence-corrected chi connectivity index (χ1v) is 6.41. The van der Waals surface area contributed by atoms with E-state index in [0.29, 0.717) is 0 Å². The van der Waals surface area contributed by atoms with Crippen LogP contribution in [0, 0.1) is 0 Å². The van der Waals surface area contributed by atoms with Crippen molar-refractivity contribution < 1.29 is 14.4 Å². The van der Waals surface area contributed by atoms with Crippen LogP contribution >= 0.6 is 19.2 Å². The van der Waals surface area contributed by atoms with Crippen LogP contribution in [0.5, 0.6) is 0 Å². The molecule has 0 fully saturated rings. The number of halogens is 1. The van der Waals surface area contributed by atoms with Crippen molar-refractivity contribution in [2.45, 2.75) is 33.1 Å². The van der Waals surface area contributed by atoms with Gasteiger partial charge in [-0.15, -0.1) is 11.6 Å². The van der Waals surface area contributed by atoms with E-state index in [9.17, 15) is 4.57 Å². The molecular formula is C7H18ClO3P. The molecule has 5 heteroatoms. The van der Waals surface area contributed by atoms with Gasteiger partial charge in [-0.25, -0.2) is 0 Å². The van der Waals surface area contributed by atoms with Gasteiger partial charge in [-0.3, -0.25) is 4.57 Å². The van der Waals surface area contributed by atoms with Gasteiger partial charge < -0.3 is 9.79 Å². The monoisotopic (exact) mass is 216 g/mol. The minimum atomic E-state index is -3.65. The Balaban J connectivity index is 0. The van der Waals surface area contributed by atoms with E-state index in [1.54, 1.807) is 0 Å². The van der Waals surface area contributed by atoms with Crippen molar-refractivity contribution in [3.63, 3.8) is 0 Å². The molecule has 3 nitrogen and oxygen atoms in total. The average Bonchev–Trinajstić information content (AvgIpc) is 2.01. The predicted octanol–water partition coefficient (Wildman–Crippen LogP) is 2.60. The van der Waals surface area contributed by atoms with Gasteiger partial charge in [0.25, 0.3) is 0 Å². The lowest BCUT2D eigenvalue weighted by molar-refractivity contribution is 0.375. The molecule has 0 aliphatic rings. The molecule has 0 saturated carbocycles. The maximum Gasteiger partial charge on any atom is 0.325 e. The molecule has 2 N–H and O–H groups in total. The molecule has 0 heterocycles. The summed E-state index contributed by atoms with van der Waals surface area (Å²) in [5, 5.41) is 0. The largest absolute Gasteiger partial charge is 0.325 e. The van der Waals surface area contributed by atoms with E-state index < -0.39 is 7.60 Å². The Morgan fingerprint density at radius 2 is 1.67 bits per heavy atom. The van der Waals surface area contributed by atoms with E-state index in [-0.39, 0.29) is 6.16 Å². The summed E-state index contributed by atoms with van der Waals surface area (Å²) in [6.45, 7) is 3.62. The van der Waals surface area contributed by atoms with Crippen molar-refractivity contribution in [1.82, 2.24) is 0 Å². The molecule has 0 atom stereocenters. The first kappa shape index (κ1) is 14.9. The van der Waals surface area contributed by atoms with Gasteiger partial charge in [0, 0.05) is 12.0 Å². The number of hydrogen-bond donors (Lipinski definition) is 2. The SMILES string of the molecule is CCCCCCl.CCP(=O)(O)O. The van der Waals surface area contributed by atoms with Crippen LogP contribution in [0.15, 0.2) is 0 Å².